The SMILES string of the molecule is Cc1ccccc1CNCCCCN1CC(C)OC(C)C1. The van der Waals surface area contributed by atoms with Gasteiger partial charge < -0.3 is 10.1 Å². The molecule has 2 atom stereocenters. The van der Waals surface area contributed by atoms with Gasteiger partial charge in [-0.15, -0.1) is 0 Å². The smallest absolute Gasteiger partial charge is 0.0678 e. The molecule has 0 amide bonds. The van der Waals surface area contributed by atoms with Crippen LogP contribution in [0.1, 0.15) is 37.8 Å². The van der Waals surface area contributed by atoms with E-state index < -0.39 is 0 Å². The van der Waals surface area contributed by atoms with Crippen LogP contribution in [-0.2, 0) is 11.3 Å². The van der Waals surface area contributed by atoms with Gasteiger partial charge in [-0.1, -0.05) is 24.3 Å². The van der Waals surface area contributed by atoms with Gasteiger partial charge in [0.15, 0.2) is 0 Å². The lowest BCUT2D eigenvalue weighted by atomic mass is 10.1. The van der Waals surface area contributed by atoms with Crippen molar-refractivity contribution in [2.24, 2.45) is 0 Å². The van der Waals surface area contributed by atoms with Gasteiger partial charge in [0.1, 0.15) is 0 Å². The van der Waals surface area contributed by atoms with Crippen LogP contribution in [0.3, 0.4) is 0 Å². The first kappa shape index (κ1) is 16.5. The van der Waals surface area contributed by atoms with Gasteiger partial charge >= 0.3 is 0 Å². The molecular weight excluding hydrogens is 260 g/mol. The molecule has 0 radical (unpaired) electrons. The fourth-order valence-electron chi connectivity index (χ4n) is 3.08. The lowest BCUT2D eigenvalue weighted by molar-refractivity contribution is -0.0681. The highest BCUT2D eigenvalue weighted by Gasteiger charge is 2.21. The number of ether oxygens (including phenoxy) is 1. The Morgan fingerprint density at radius 2 is 1.86 bits per heavy atom. The van der Waals surface area contributed by atoms with Crippen LogP contribution in [0.5, 0.6) is 0 Å². The number of hydrogen-bond acceptors (Lipinski definition) is 3. The number of hydrogen-bond donors (Lipinski definition) is 1. The summed E-state index contributed by atoms with van der Waals surface area (Å²) in [7, 11) is 0. The summed E-state index contributed by atoms with van der Waals surface area (Å²) in [6, 6.07) is 8.60. The molecule has 0 saturated carbocycles. The third-order valence-electron chi connectivity index (χ3n) is 4.15. The number of unbranched alkanes of at least 4 members (excludes halogenated alkanes) is 1. The Kier molecular flexibility index (Phi) is 6.68. The third kappa shape index (κ3) is 5.77. The van der Waals surface area contributed by atoms with Gasteiger partial charge in [0.05, 0.1) is 12.2 Å². The van der Waals surface area contributed by atoms with Crippen molar-refractivity contribution in [1.82, 2.24) is 10.2 Å². The minimum Gasteiger partial charge on any atom is -0.373 e. The van der Waals surface area contributed by atoms with Crippen molar-refractivity contribution in [1.29, 1.82) is 0 Å². The third-order valence-corrected chi connectivity index (χ3v) is 4.15. The van der Waals surface area contributed by atoms with Crippen LogP contribution in [0.2, 0.25) is 0 Å². The minimum absolute atomic E-state index is 0.382. The predicted molar refractivity (Wildman–Crippen MR) is 88.6 cm³/mol. The predicted octanol–water partition coefficient (Wildman–Crippen LogP) is 2.97. The van der Waals surface area contributed by atoms with E-state index in [9.17, 15) is 0 Å². The topological polar surface area (TPSA) is 24.5 Å². The molecule has 2 rings (SSSR count). The summed E-state index contributed by atoms with van der Waals surface area (Å²) in [4.78, 5) is 2.54. The van der Waals surface area contributed by atoms with Crippen molar-refractivity contribution in [3.05, 3.63) is 35.4 Å². The second kappa shape index (κ2) is 8.52. The average Bonchev–Trinajstić information content (AvgIpc) is 2.43. The summed E-state index contributed by atoms with van der Waals surface area (Å²) < 4.78 is 5.77. The van der Waals surface area contributed by atoms with Gasteiger partial charge in [-0.3, -0.25) is 4.90 Å². The number of benzene rings is 1. The van der Waals surface area contributed by atoms with E-state index in [2.05, 4.69) is 55.3 Å². The lowest BCUT2D eigenvalue weighted by Gasteiger charge is -2.35. The second-order valence-corrected chi connectivity index (χ2v) is 6.33. The molecule has 21 heavy (non-hydrogen) atoms. The summed E-state index contributed by atoms with van der Waals surface area (Å²) in [5, 5.41) is 3.55. The van der Waals surface area contributed by atoms with Crippen molar-refractivity contribution < 1.29 is 4.74 Å². The Balaban J connectivity index is 1.55. The average molecular weight is 290 g/mol. The molecule has 1 aliphatic rings. The van der Waals surface area contributed by atoms with E-state index in [-0.39, 0.29) is 0 Å². The molecule has 1 aromatic rings. The first-order valence-corrected chi connectivity index (χ1v) is 8.28. The number of aryl methyl sites for hydroxylation is 1. The van der Waals surface area contributed by atoms with Gasteiger partial charge in [0, 0.05) is 19.6 Å². The largest absolute Gasteiger partial charge is 0.373 e. The quantitative estimate of drug-likeness (QED) is 0.781. The highest BCUT2D eigenvalue weighted by molar-refractivity contribution is 5.25. The molecule has 1 saturated heterocycles. The van der Waals surface area contributed by atoms with Crippen molar-refractivity contribution in [3.63, 3.8) is 0 Å². The standard InChI is InChI=1S/C18H30N2O/c1-15-8-4-5-9-18(15)12-19-10-6-7-11-20-13-16(2)21-17(3)14-20/h4-5,8-9,16-17,19H,6-7,10-14H2,1-3H3. The number of nitrogens with zero attached hydrogens (tertiary/aromatic N) is 1. The summed E-state index contributed by atoms with van der Waals surface area (Å²) in [6.07, 6.45) is 3.27. The molecule has 0 bridgehead atoms. The second-order valence-electron chi connectivity index (χ2n) is 6.33. The molecule has 118 valence electrons. The lowest BCUT2D eigenvalue weighted by Crippen LogP contribution is -2.45. The number of nitrogens with one attached hydrogen (secondary N) is 1. The van der Waals surface area contributed by atoms with Crippen LogP contribution in [-0.4, -0.2) is 43.3 Å². The molecule has 2 unspecified atom stereocenters. The van der Waals surface area contributed by atoms with E-state index in [1.807, 2.05) is 0 Å². The van der Waals surface area contributed by atoms with E-state index in [1.165, 1.54) is 30.5 Å². The van der Waals surface area contributed by atoms with Crippen molar-refractivity contribution >= 4 is 0 Å². The van der Waals surface area contributed by atoms with E-state index in [1.54, 1.807) is 0 Å². The Labute approximate surface area is 129 Å². The summed E-state index contributed by atoms with van der Waals surface area (Å²) in [5.74, 6) is 0. The summed E-state index contributed by atoms with van der Waals surface area (Å²) >= 11 is 0. The van der Waals surface area contributed by atoms with Crippen LogP contribution in [0.4, 0.5) is 0 Å². The van der Waals surface area contributed by atoms with Gasteiger partial charge in [-0.05, 0) is 57.8 Å². The number of morpholine rings is 1. The Bertz CT molecular complexity index is 411. The van der Waals surface area contributed by atoms with E-state index >= 15 is 0 Å². The molecule has 0 spiro atoms. The molecule has 0 aromatic heterocycles. The highest BCUT2D eigenvalue weighted by atomic mass is 16.5. The van der Waals surface area contributed by atoms with Crippen LogP contribution >= 0.6 is 0 Å². The molecule has 0 aliphatic carbocycles. The normalized spacial score (nSPS) is 23.4. The zero-order chi connectivity index (χ0) is 15.1. The fraction of sp³-hybridized carbons (Fsp3) is 0.667. The van der Waals surface area contributed by atoms with E-state index in [0.717, 1.165) is 26.2 Å². The van der Waals surface area contributed by atoms with Crippen molar-refractivity contribution in [2.75, 3.05) is 26.2 Å². The van der Waals surface area contributed by atoms with Crippen LogP contribution in [0.15, 0.2) is 24.3 Å². The summed E-state index contributed by atoms with van der Waals surface area (Å²) in [6.45, 7) is 12.0. The molecule has 1 aliphatic heterocycles. The maximum absolute atomic E-state index is 5.77. The van der Waals surface area contributed by atoms with Gasteiger partial charge in [-0.25, -0.2) is 0 Å². The Morgan fingerprint density at radius 1 is 1.14 bits per heavy atom. The van der Waals surface area contributed by atoms with Crippen LogP contribution in [0, 0.1) is 6.92 Å². The highest BCUT2D eigenvalue weighted by Crippen LogP contribution is 2.11. The zero-order valence-corrected chi connectivity index (χ0v) is 13.8. The van der Waals surface area contributed by atoms with Crippen molar-refractivity contribution in [2.45, 2.75) is 52.4 Å². The molecule has 1 N–H and O–H groups in total. The molecular formula is C18H30N2O. The molecule has 1 fully saturated rings. The monoisotopic (exact) mass is 290 g/mol. The van der Waals surface area contributed by atoms with Gasteiger partial charge in [0.2, 0.25) is 0 Å². The molecule has 3 nitrogen and oxygen atoms in total. The summed E-state index contributed by atoms with van der Waals surface area (Å²) in [5.41, 5.74) is 2.79. The Hall–Kier alpha value is -0.900. The van der Waals surface area contributed by atoms with Crippen LogP contribution in [0.25, 0.3) is 0 Å². The number of rotatable bonds is 7. The van der Waals surface area contributed by atoms with E-state index in [0.29, 0.717) is 12.2 Å². The molecule has 1 heterocycles. The maximum atomic E-state index is 5.77. The fourth-order valence-corrected chi connectivity index (χ4v) is 3.08. The van der Waals surface area contributed by atoms with Crippen LogP contribution < -0.4 is 5.32 Å². The molecule has 3 heteroatoms. The van der Waals surface area contributed by atoms with Crippen molar-refractivity contribution in [3.8, 4) is 0 Å². The Morgan fingerprint density at radius 3 is 2.57 bits per heavy atom. The maximum Gasteiger partial charge on any atom is 0.0678 e. The van der Waals surface area contributed by atoms with Gasteiger partial charge in [0.25, 0.3) is 0 Å². The van der Waals surface area contributed by atoms with E-state index in [4.69, 9.17) is 4.74 Å². The molecule has 1 aromatic carbocycles. The first-order chi connectivity index (χ1) is 10.1. The first-order valence-electron chi connectivity index (χ1n) is 8.28. The minimum atomic E-state index is 0.382. The van der Waals surface area contributed by atoms with Gasteiger partial charge in [-0.2, -0.15) is 0 Å². The zero-order valence-electron chi connectivity index (χ0n) is 13.8.